The maximum Gasteiger partial charge on any atom is 0.0995 e. The fourth-order valence-corrected chi connectivity index (χ4v) is 2.48. The fourth-order valence-electron chi connectivity index (χ4n) is 2.48. The summed E-state index contributed by atoms with van der Waals surface area (Å²) in [6.07, 6.45) is 3.98. The maximum atomic E-state index is 9.07. The highest BCUT2D eigenvalue weighted by molar-refractivity contribution is 5.37. The van der Waals surface area contributed by atoms with Gasteiger partial charge in [-0.05, 0) is 24.1 Å². The second-order valence-corrected chi connectivity index (χ2v) is 5.11. The van der Waals surface area contributed by atoms with Crippen molar-refractivity contribution in [1.82, 2.24) is 14.7 Å². The number of benzene rings is 1. The molecule has 0 amide bonds. The number of likely N-dealkylation sites (tertiary alicyclic amines) is 1. The number of rotatable bonds is 3. The van der Waals surface area contributed by atoms with E-state index in [1.165, 1.54) is 5.56 Å². The van der Waals surface area contributed by atoms with Gasteiger partial charge in [0.25, 0.3) is 0 Å². The average Bonchev–Trinajstić information content (AvgIpc) is 2.80. The third-order valence-corrected chi connectivity index (χ3v) is 3.57. The highest BCUT2D eigenvalue weighted by Crippen LogP contribution is 2.23. The lowest BCUT2D eigenvalue weighted by atomic mass is 10.0. The SMILES string of the molecule is Cc1cnn(C2CN(Cc3ccccc3C#N)C2)c1. The molecule has 1 aliphatic heterocycles. The summed E-state index contributed by atoms with van der Waals surface area (Å²) in [6.45, 7) is 4.91. The first-order valence-corrected chi connectivity index (χ1v) is 6.47. The highest BCUT2D eigenvalue weighted by atomic mass is 15.4. The summed E-state index contributed by atoms with van der Waals surface area (Å²) in [5.41, 5.74) is 3.09. The molecule has 0 bridgehead atoms. The van der Waals surface area contributed by atoms with E-state index in [-0.39, 0.29) is 0 Å². The molecule has 1 aromatic carbocycles. The zero-order chi connectivity index (χ0) is 13.2. The van der Waals surface area contributed by atoms with Gasteiger partial charge in [-0.15, -0.1) is 0 Å². The molecule has 4 nitrogen and oxygen atoms in total. The number of aromatic nitrogens is 2. The molecule has 1 aliphatic rings. The molecule has 3 rings (SSSR count). The molecule has 4 heteroatoms. The second-order valence-electron chi connectivity index (χ2n) is 5.11. The molecule has 2 heterocycles. The van der Waals surface area contributed by atoms with E-state index in [0.29, 0.717) is 6.04 Å². The van der Waals surface area contributed by atoms with Crippen molar-refractivity contribution >= 4 is 0 Å². The Balaban J connectivity index is 1.61. The Labute approximate surface area is 112 Å². The smallest absolute Gasteiger partial charge is 0.0995 e. The van der Waals surface area contributed by atoms with E-state index in [9.17, 15) is 0 Å². The van der Waals surface area contributed by atoms with E-state index in [4.69, 9.17) is 5.26 Å². The van der Waals surface area contributed by atoms with E-state index >= 15 is 0 Å². The number of nitriles is 1. The van der Waals surface area contributed by atoms with Crippen molar-refractivity contribution in [2.24, 2.45) is 0 Å². The summed E-state index contributed by atoms with van der Waals surface area (Å²) in [7, 11) is 0. The van der Waals surface area contributed by atoms with Gasteiger partial charge in [0.15, 0.2) is 0 Å². The number of hydrogen-bond acceptors (Lipinski definition) is 3. The average molecular weight is 252 g/mol. The monoisotopic (exact) mass is 252 g/mol. The zero-order valence-electron chi connectivity index (χ0n) is 11.0. The maximum absolute atomic E-state index is 9.07. The van der Waals surface area contributed by atoms with Gasteiger partial charge in [-0.3, -0.25) is 9.58 Å². The van der Waals surface area contributed by atoms with Gasteiger partial charge in [0.2, 0.25) is 0 Å². The Morgan fingerprint density at radius 3 is 2.84 bits per heavy atom. The van der Waals surface area contributed by atoms with Crippen LogP contribution in [0.5, 0.6) is 0 Å². The lowest BCUT2D eigenvalue weighted by Gasteiger charge is -2.39. The largest absolute Gasteiger partial charge is 0.295 e. The summed E-state index contributed by atoms with van der Waals surface area (Å²) in [5.74, 6) is 0. The molecule has 0 N–H and O–H groups in total. The van der Waals surface area contributed by atoms with Crippen molar-refractivity contribution in [3.63, 3.8) is 0 Å². The van der Waals surface area contributed by atoms with Gasteiger partial charge < -0.3 is 0 Å². The van der Waals surface area contributed by atoms with Crippen LogP contribution < -0.4 is 0 Å². The topological polar surface area (TPSA) is 44.9 Å². The molecule has 2 aromatic rings. The number of aryl methyl sites for hydroxylation is 1. The van der Waals surface area contributed by atoms with E-state index in [0.717, 1.165) is 30.8 Å². The van der Waals surface area contributed by atoms with Gasteiger partial charge in [-0.25, -0.2) is 0 Å². The molecule has 96 valence electrons. The Morgan fingerprint density at radius 2 is 2.16 bits per heavy atom. The van der Waals surface area contributed by atoms with Gasteiger partial charge in [0.1, 0.15) is 0 Å². The van der Waals surface area contributed by atoms with Crippen LogP contribution in [0.25, 0.3) is 0 Å². The normalized spacial score (nSPS) is 16.0. The van der Waals surface area contributed by atoms with Gasteiger partial charge in [-0.1, -0.05) is 18.2 Å². The molecular formula is C15H16N4. The Kier molecular flexibility index (Phi) is 3.06. The number of nitrogens with zero attached hydrogens (tertiary/aromatic N) is 4. The molecule has 1 aromatic heterocycles. The van der Waals surface area contributed by atoms with Crippen LogP contribution in [0.3, 0.4) is 0 Å². The zero-order valence-corrected chi connectivity index (χ0v) is 11.0. The molecule has 0 atom stereocenters. The molecule has 0 radical (unpaired) electrons. The van der Waals surface area contributed by atoms with Crippen molar-refractivity contribution < 1.29 is 0 Å². The lowest BCUT2D eigenvalue weighted by molar-refractivity contribution is 0.0908. The molecule has 1 saturated heterocycles. The Bertz CT molecular complexity index is 617. The first-order valence-electron chi connectivity index (χ1n) is 6.47. The third kappa shape index (κ3) is 2.38. The fraction of sp³-hybridized carbons (Fsp3) is 0.333. The molecule has 0 spiro atoms. The molecule has 1 fully saturated rings. The third-order valence-electron chi connectivity index (χ3n) is 3.57. The van der Waals surface area contributed by atoms with Crippen molar-refractivity contribution in [2.45, 2.75) is 19.5 Å². The summed E-state index contributed by atoms with van der Waals surface area (Å²) in [6, 6.07) is 10.5. The minimum atomic E-state index is 0.475. The predicted octanol–water partition coefficient (Wildman–Crippen LogP) is 2.12. The van der Waals surface area contributed by atoms with E-state index < -0.39 is 0 Å². The van der Waals surface area contributed by atoms with Gasteiger partial charge >= 0.3 is 0 Å². The predicted molar refractivity (Wildman–Crippen MR) is 72.4 cm³/mol. The first-order chi connectivity index (χ1) is 9.26. The van der Waals surface area contributed by atoms with Crippen LogP contribution >= 0.6 is 0 Å². The van der Waals surface area contributed by atoms with E-state index in [1.807, 2.05) is 35.1 Å². The quantitative estimate of drug-likeness (QED) is 0.840. The van der Waals surface area contributed by atoms with Crippen molar-refractivity contribution in [2.75, 3.05) is 13.1 Å². The number of hydrogen-bond donors (Lipinski definition) is 0. The van der Waals surface area contributed by atoms with Gasteiger partial charge in [0.05, 0.1) is 23.9 Å². The highest BCUT2D eigenvalue weighted by Gasteiger charge is 2.28. The van der Waals surface area contributed by atoms with Crippen molar-refractivity contribution in [3.8, 4) is 6.07 Å². The van der Waals surface area contributed by atoms with Crippen LogP contribution in [-0.4, -0.2) is 27.8 Å². The van der Waals surface area contributed by atoms with Crippen LogP contribution in [0.4, 0.5) is 0 Å². The Morgan fingerprint density at radius 1 is 1.37 bits per heavy atom. The second kappa shape index (κ2) is 4.87. The summed E-state index contributed by atoms with van der Waals surface area (Å²) >= 11 is 0. The first kappa shape index (κ1) is 11.9. The van der Waals surface area contributed by atoms with Crippen molar-refractivity contribution in [1.29, 1.82) is 5.26 Å². The summed E-state index contributed by atoms with van der Waals surface area (Å²) < 4.78 is 2.04. The van der Waals surface area contributed by atoms with Crippen LogP contribution in [-0.2, 0) is 6.54 Å². The van der Waals surface area contributed by atoms with E-state index in [2.05, 4.69) is 29.2 Å². The lowest BCUT2D eigenvalue weighted by Crippen LogP contribution is -2.47. The Hall–Kier alpha value is -2.12. The molecule has 0 saturated carbocycles. The standard InChI is InChI=1S/C15H16N4/c1-12-7-17-19(8-12)15-10-18(11-15)9-14-5-3-2-4-13(14)6-16/h2-5,7-8,15H,9-11H2,1H3. The molecular weight excluding hydrogens is 236 g/mol. The van der Waals surface area contributed by atoms with Crippen LogP contribution in [0.15, 0.2) is 36.7 Å². The van der Waals surface area contributed by atoms with Crippen LogP contribution in [0, 0.1) is 18.3 Å². The van der Waals surface area contributed by atoms with Crippen molar-refractivity contribution in [3.05, 3.63) is 53.3 Å². The minimum absolute atomic E-state index is 0.475. The van der Waals surface area contributed by atoms with Crippen LogP contribution in [0.1, 0.15) is 22.7 Å². The summed E-state index contributed by atoms with van der Waals surface area (Å²) in [5, 5.41) is 13.4. The van der Waals surface area contributed by atoms with Crippen LogP contribution in [0.2, 0.25) is 0 Å². The minimum Gasteiger partial charge on any atom is -0.295 e. The summed E-state index contributed by atoms with van der Waals surface area (Å²) in [4.78, 5) is 2.35. The molecule has 0 unspecified atom stereocenters. The van der Waals surface area contributed by atoms with Gasteiger partial charge in [-0.2, -0.15) is 10.4 Å². The molecule has 19 heavy (non-hydrogen) atoms. The van der Waals surface area contributed by atoms with E-state index in [1.54, 1.807) is 0 Å². The van der Waals surface area contributed by atoms with Gasteiger partial charge in [0, 0.05) is 25.8 Å². The molecule has 0 aliphatic carbocycles.